The molecule has 4 nitrogen and oxygen atoms in total. The van der Waals surface area contributed by atoms with Crippen molar-refractivity contribution in [2.45, 2.75) is 31.1 Å². The minimum absolute atomic E-state index is 0.168. The van der Waals surface area contributed by atoms with E-state index in [4.69, 9.17) is 9.84 Å². The molecule has 0 saturated heterocycles. The lowest BCUT2D eigenvalue weighted by molar-refractivity contribution is 0.0488. The molecule has 1 aliphatic carbocycles. The second-order valence-corrected chi connectivity index (χ2v) is 5.56. The normalized spacial score (nSPS) is 24.4. The lowest BCUT2D eigenvalue weighted by atomic mass is 9.89. The fourth-order valence-electron chi connectivity index (χ4n) is 1.84. The molecule has 1 aromatic rings. The van der Waals surface area contributed by atoms with Crippen LogP contribution in [0, 0.1) is 0 Å². The summed E-state index contributed by atoms with van der Waals surface area (Å²) in [7, 11) is 0. The average Bonchev–Trinajstić information content (AvgIpc) is 2.32. The maximum absolute atomic E-state index is 9.74. The van der Waals surface area contributed by atoms with Crippen LogP contribution in [0.3, 0.4) is 0 Å². The van der Waals surface area contributed by atoms with Gasteiger partial charge in [-0.2, -0.15) is 0 Å². The van der Waals surface area contributed by atoms with Crippen LogP contribution in [0.25, 0.3) is 0 Å². The predicted octanol–water partition coefficient (Wildman–Crippen LogP) is 1.30. The van der Waals surface area contributed by atoms with Crippen LogP contribution in [0.2, 0.25) is 0 Å². The molecule has 1 atom stereocenters. The molecular formula is C13H18BrNO3. The number of rotatable bonds is 6. The number of aliphatic hydroxyl groups excluding tert-OH is 2. The van der Waals surface area contributed by atoms with Crippen molar-refractivity contribution in [1.82, 2.24) is 5.32 Å². The Hall–Kier alpha value is -0.620. The van der Waals surface area contributed by atoms with E-state index in [1.807, 2.05) is 24.3 Å². The molecule has 1 fully saturated rings. The van der Waals surface area contributed by atoms with E-state index in [1.54, 1.807) is 0 Å². The average molecular weight is 316 g/mol. The van der Waals surface area contributed by atoms with Gasteiger partial charge in [-0.1, -0.05) is 15.9 Å². The minimum Gasteiger partial charge on any atom is -0.491 e. The van der Waals surface area contributed by atoms with Crippen molar-refractivity contribution in [3.05, 3.63) is 28.7 Å². The van der Waals surface area contributed by atoms with Gasteiger partial charge in [0.05, 0.1) is 6.10 Å². The van der Waals surface area contributed by atoms with Gasteiger partial charge in [0, 0.05) is 17.1 Å². The van der Waals surface area contributed by atoms with Crippen molar-refractivity contribution in [3.8, 4) is 5.75 Å². The van der Waals surface area contributed by atoms with Gasteiger partial charge in [-0.05, 0) is 37.1 Å². The maximum Gasteiger partial charge on any atom is 0.119 e. The summed E-state index contributed by atoms with van der Waals surface area (Å²) in [5.74, 6) is 0.747. The molecule has 18 heavy (non-hydrogen) atoms. The topological polar surface area (TPSA) is 61.7 Å². The van der Waals surface area contributed by atoms with Crippen LogP contribution in [-0.4, -0.2) is 41.6 Å². The highest BCUT2D eigenvalue weighted by Gasteiger charge is 2.26. The molecule has 0 bridgehead atoms. The first-order valence-electron chi connectivity index (χ1n) is 6.11. The van der Waals surface area contributed by atoms with Crippen LogP contribution < -0.4 is 10.1 Å². The summed E-state index contributed by atoms with van der Waals surface area (Å²) in [6, 6.07) is 7.84. The number of hydrogen-bond acceptors (Lipinski definition) is 4. The van der Waals surface area contributed by atoms with E-state index in [1.165, 1.54) is 0 Å². The summed E-state index contributed by atoms with van der Waals surface area (Å²) >= 11 is 3.35. The Bertz CT molecular complexity index is 365. The van der Waals surface area contributed by atoms with Crippen molar-refractivity contribution >= 4 is 15.9 Å². The third-order valence-electron chi connectivity index (χ3n) is 3.01. The standard InChI is InChI=1S/C13H18BrNO3/c14-9-1-3-13(4-2-9)18-8-12(17)7-15-10-5-11(16)6-10/h1-4,10-12,15-17H,5-8H2. The number of hydrogen-bond donors (Lipinski definition) is 3. The molecule has 0 amide bonds. The first-order chi connectivity index (χ1) is 8.63. The molecule has 0 aromatic heterocycles. The number of nitrogens with one attached hydrogen (secondary N) is 1. The van der Waals surface area contributed by atoms with Crippen molar-refractivity contribution in [1.29, 1.82) is 0 Å². The molecule has 3 N–H and O–H groups in total. The zero-order valence-corrected chi connectivity index (χ0v) is 11.6. The highest BCUT2D eigenvalue weighted by atomic mass is 79.9. The van der Waals surface area contributed by atoms with Gasteiger partial charge < -0.3 is 20.3 Å². The number of benzene rings is 1. The van der Waals surface area contributed by atoms with Crippen molar-refractivity contribution < 1.29 is 14.9 Å². The minimum atomic E-state index is -0.536. The predicted molar refractivity (Wildman–Crippen MR) is 72.7 cm³/mol. The molecule has 2 rings (SSSR count). The molecule has 1 aromatic carbocycles. The summed E-state index contributed by atoms with van der Waals surface area (Å²) in [4.78, 5) is 0. The Labute approximate surface area is 115 Å². The third kappa shape index (κ3) is 4.24. The largest absolute Gasteiger partial charge is 0.491 e. The zero-order valence-electron chi connectivity index (χ0n) is 10.1. The van der Waals surface area contributed by atoms with Crippen LogP contribution in [0.1, 0.15) is 12.8 Å². The Balaban J connectivity index is 1.62. The quantitative estimate of drug-likeness (QED) is 0.740. The lowest BCUT2D eigenvalue weighted by Gasteiger charge is -2.32. The first kappa shape index (κ1) is 13.8. The van der Waals surface area contributed by atoms with Gasteiger partial charge in [0.15, 0.2) is 0 Å². The van der Waals surface area contributed by atoms with Gasteiger partial charge in [-0.25, -0.2) is 0 Å². The fourth-order valence-corrected chi connectivity index (χ4v) is 2.10. The van der Waals surface area contributed by atoms with Gasteiger partial charge in [-0.15, -0.1) is 0 Å². The van der Waals surface area contributed by atoms with E-state index in [9.17, 15) is 5.11 Å². The third-order valence-corrected chi connectivity index (χ3v) is 3.54. The molecule has 0 aliphatic heterocycles. The van der Waals surface area contributed by atoms with Gasteiger partial charge in [0.2, 0.25) is 0 Å². The summed E-state index contributed by atoms with van der Waals surface area (Å²) in [6.45, 7) is 0.762. The molecule has 100 valence electrons. The Morgan fingerprint density at radius 3 is 2.61 bits per heavy atom. The molecule has 0 heterocycles. The summed E-state index contributed by atoms with van der Waals surface area (Å²) in [6.07, 6.45) is 0.852. The molecule has 1 unspecified atom stereocenters. The summed E-state index contributed by atoms with van der Waals surface area (Å²) < 4.78 is 6.47. The molecule has 1 saturated carbocycles. The Morgan fingerprint density at radius 1 is 1.33 bits per heavy atom. The van der Waals surface area contributed by atoms with Crippen molar-refractivity contribution in [3.63, 3.8) is 0 Å². The van der Waals surface area contributed by atoms with E-state index in [0.29, 0.717) is 12.6 Å². The molecule has 0 radical (unpaired) electrons. The van der Waals surface area contributed by atoms with Gasteiger partial charge in [-0.3, -0.25) is 0 Å². The van der Waals surface area contributed by atoms with Crippen LogP contribution in [-0.2, 0) is 0 Å². The summed E-state index contributed by atoms with van der Waals surface area (Å²) in [5, 5.41) is 22.1. The van der Waals surface area contributed by atoms with Gasteiger partial charge in [0.1, 0.15) is 18.5 Å². The van der Waals surface area contributed by atoms with Crippen LogP contribution >= 0.6 is 15.9 Å². The van der Waals surface area contributed by atoms with Crippen LogP contribution in [0.4, 0.5) is 0 Å². The molecule has 1 aliphatic rings. The maximum atomic E-state index is 9.74. The molecule has 0 spiro atoms. The van der Waals surface area contributed by atoms with E-state index < -0.39 is 6.10 Å². The second kappa shape index (κ2) is 6.52. The Morgan fingerprint density at radius 2 is 2.00 bits per heavy atom. The van der Waals surface area contributed by atoms with Gasteiger partial charge >= 0.3 is 0 Å². The highest BCUT2D eigenvalue weighted by Crippen LogP contribution is 2.19. The van der Waals surface area contributed by atoms with Crippen molar-refractivity contribution in [2.75, 3.05) is 13.2 Å². The molecule has 5 heteroatoms. The van der Waals surface area contributed by atoms with E-state index in [0.717, 1.165) is 23.1 Å². The fraction of sp³-hybridized carbons (Fsp3) is 0.538. The molecular weight excluding hydrogens is 298 g/mol. The summed E-state index contributed by atoms with van der Waals surface area (Å²) in [5.41, 5.74) is 0. The number of ether oxygens (including phenoxy) is 1. The van der Waals surface area contributed by atoms with Crippen molar-refractivity contribution in [2.24, 2.45) is 0 Å². The first-order valence-corrected chi connectivity index (χ1v) is 6.90. The monoisotopic (exact) mass is 315 g/mol. The highest BCUT2D eigenvalue weighted by molar-refractivity contribution is 9.10. The SMILES string of the molecule is OC(CNC1CC(O)C1)COc1ccc(Br)cc1. The lowest BCUT2D eigenvalue weighted by Crippen LogP contribution is -2.47. The number of aliphatic hydroxyl groups is 2. The van der Waals surface area contributed by atoms with Gasteiger partial charge in [0.25, 0.3) is 0 Å². The van der Waals surface area contributed by atoms with Crippen LogP contribution in [0.5, 0.6) is 5.75 Å². The number of halogens is 1. The smallest absolute Gasteiger partial charge is 0.119 e. The second-order valence-electron chi connectivity index (χ2n) is 4.65. The van der Waals surface area contributed by atoms with E-state index >= 15 is 0 Å². The van der Waals surface area contributed by atoms with Crippen LogP contribution in [0.15, 0.2) is 28.7 Å². The Kier molecular flexibility index (Phi) is 5.00. The van der Waals surface area contributed by atoms with E-state index in [2.05, 4.69) is 21.2 Å². The zero-order chi connectivity index (χ0) is 13.0. The van der Waals surface area contributed by atoms with E-state index in [-0.39, 0.29) is 12.7 Å².